The molecule has 0 unspecified atom stereocenters. The van der Waals surface area contributed by atoms with E-state index in [1.807, 2.05) is 0 Å². The molecule has 0 fully saturated rings. The van der Waals surface area contributed by atoms with Gasteiger partial charge in [0.15, 0.2) is 11.7 Å². The number of hydrogen-bond donors (Lipinski definition) is 1. The Morgan fingerprint density at radius 1 is 1.35 bits per heavy atom. The minimum atomic E-state index is -0.514. The maximum absolute atomic E-state index is 12.9. The minimum Gasteiger partial charge on any atom is -0.376 e. The average Bonchev–Trinajstić information content (AvgIpc) is 2.77. The van der Waals surface area contributed by atoms with E-state index in [4.69, 9.17) is 10.2 Å². The number of rotatable bonds is 1. The van der Waals surface area contributed by atoms with Crippen LogP contribution in [-0.4, -0.2) is 22.6 Å². The molecule has 0 radical (unpaired) electrons. The predicted octanol–water partition coefficient (Wildman–Crippen LogP) is 2.28. The van der Waals surface area contributed by atoms with Gasteiger partial charge in [-0.3, -0.25) is 10.2 Å². The number of amidine groups is 2. The van der Waals surface area contributed by atoms with Crippen molar-refractivity contribution in [3.05, 3.63) is 53.1 Å². The first-order valence-corrected chi connectivity index (χ1v) is 5.90. The molecule has 1 amide bonds. The lowest BCUT2D eigenvalue weighted by atomic mass is 10.1. The van der Waals surface area contributed by atoms with Gasteiger partial charge < -0.3 is 4.84 Å². The van der Waals surface area contributed by atoms with E-state index < -0.39 is 5.91 Å². The summed E-state index contributed by atoms with van der Waals surface area (Å²) in [6.07, 6.45) is 3.07. The second-order valence-electron chi connectivity index (χ2n) is 4.37. The maximum Gasteiger partial charge on any atom is 0.282 e. The molecule has 0 aromatic heterocycles. The van der Waals surface area contributed by atoms with Gasteiger partial charge in [-0.2, -0.15) is 4.99 Å². The van der Waals surface area contributed by atoms with Crippen molar-refractivity contribution in [2.45, 2.75) is 6.92 Å². The van der Waals surface area contributed by atoms with Gasteiger partial charge in [0.2, 0.25) is 0 Å². The number of hydrogen-bond acceptors (Lipinski definition) is 3. The molecule has 1 aromatic carbocycles. The lowest BCUT2D eigenvalue weighted by molar-refractivity contribution is -0.114. The monoisotopic (exact) mass is 271 g/mol. The van der Waals surface area contributed by atoms with E-state index in [0.717, 1.165) is 0 Å². The summed E-state index contributed by atoms with van der Waals surface area (Å²) in [5, 5.41) is 9.20. The summed E-state index contributed by atoms with van der Waals surface area (Å²) in [6.45, 7) is 1.71. The fourth-order valence-electron chi connectivity index (χ4n) is 1.93. The van der Waals surface area contributed by atoms with E-state index in [1.165, 1.54) is 35.4 Å². The largest absolute Gasteiger partial charge is 0.376 e. The van der Waals surface area contributed by atoms with Crippen molar-refractivity contribution in [2.75, 3.05) is 0 Å². The quantitative estimate of drug-likeness (QED) is 0.797. The van der Waals surface area contributed by atoms with Crippen molar-refractivity contribution < 1.29 is 14.0 Å². The van der Waals surface area contributed by atoms with Gasteiger partial charge in [0, 0.05) is 6.08 Å². The van der Waals surface area contributed by atoms with Crippen LogP contribution in [0.5, 0.6) is 0 Å². The van der Waals surface area contributed by atoms with E-state index in [-0.39, 0.29) is 17.2 Å². The van der Waals surface area contributed by atoms with Gasteiger partial charge in [-0.25, -0.2) is 4.39 Å². The molecule has 2 aliphatic rings. The number of allylic oxidation sites excluding steroid dienone is 1. The van der Waals surface area contributed by atoms with Gasteiger partial charge in [0.1, 0.15) is 11.6 Å². The number of hydroxylamine groups is 2. The number of nitrogens with one attached hydrogen (secondary N) is 1. The minimum absolute atomic E-state index is 0.0857. The third-order valence-electron chi connectivity index (χ3n) is 2.86. The Balaban J connectivity index is 1.98. The molecule has 0 saturated carbocycles. The van der Waals surface area contributed by atoms with E-state index in [1.54, 1.807) is 13.0 Å². The summed E-state index contributed by atoms with van der Waals surface area (Å²) < 4.78 is 12.9. The third-order valence-corrected chi connectivity index (χ3v) is 2.86. The predicted molar refractivity (Wildman–Crippen MR) is 71.2 cm³/mol. The van der Waals surface area contributed by atoms with Crippen LogP contribution in [0, 0.1) is 11.2 Å². The van der Waals surface area contributed by atoms with Crippen LogP contribution >= 0.6 is 0 Å². The van der Waals surface area contributed by atoms with E-state index in [9.17, 15) is 9.18 Å². The number of halogens is 1. The molecule has 2 aliphatic heterocycles. The van der Waals surface area contributed by atoms with E-state index in [0.29, 0.717) is 17.2 Å². The first kappa shape index (κ1) is 12.3. The van der Waals surface area contributed by atoms with Crippen molar-refractivity contribution in [1.29, 1.82) is 5.41 Å². The molecule has 1 aromatic rings. The Morgan fingerprint density at radius 2 is 2.05 bits per heavy atom. The summed E-state index contributed by atoms with van der Waals surface area (Å²) in [6, 6.07) is 5.62. The summed E-state index contributed by atoms with van der Waals surface area (Å²) in [7, 11) is 0. The number of carbonyl (C=O) groups is 1. The Bertz CT molecular complexity index is 702. The number of nitrogens with zero attached hydrogens (tertiary/aromatic N) is 2. The fourth-order valence-corrected chi connectivity index (χ4v) is 1.93. The molecule has 0 bridgehead atoms. The van der Waals surface area contributed by atoms with Crippen LogP contribution in [0.2, 0.25) is 0 Å². The molecule has 0 spiro atoms. The zero-order valence-corrected chi connectivity index (χ0v) is 10.6. The zero-order chi connectivity index (χ0) is 14.3. The molecular weight excluding hydrogens is 261 g/mol. The van der Waals surface area contributed by atoms with Gasteiger partial charge in [0.25, 0.3) is 5.91 Å². The summed E-state index contributed by atoms with van der Waals surface area (Å²) in [5.74, 6) is -0.101. The molecule has 2 heterocycles. The number of fused-ring (bicyclic) bond motifs is 1. The van der Waals surface area contributed by atoms with Crippen molar-refractivity contribution in [2.24, 2.45) is 4.99 Å². The Hall–Kier alpha value is -2.76. The first-order chi connectivity index (χ1) is 9.54. The molecular formula is C14H10FN3O2. The van der Waals surface area contributed by atoms with Crippen molar-refractivity contribution in [3.63, 3.8) is 0 Å². The van der Waals surface area contributed by atoms with Crippen LogP contribution in [-0.2, 0) is 9.63 Å². The van der Waals surface area contributed by atoms with Gasteiger partial charge in [-0.15, -0.1) is 5.06 Å². The summed E-state index contributed by atoms with van der Waals surface area (Å²) >= 11 is 0. The maximum atomic E-state index is 12.9. The molecule has 6 heteroatoms. The Morgan fingerprint density at radius 3 is 2.75 bits per heavy atom. The van der Waals surface area contributed by atoms with Crippen LogP contribution in [0.1, 0.15) is 12.5 Å². The highest BCUT2D eigenvalue weighted by molar-refractivity contribution is 6.32. The fraction of sp³-hybridized carbons (Fsp3) is 0.0714. The second-order valence-corrected chi connectivity index (χ2v) is 4.37. The molecule has 0 saturated heterocycles. The molecule has 1 N–H and O–H groups in total. The van der Waals surface area contributed by atoms with Crippen LogP contribution in [0.3, 0.4) is 0 Å². The second kappa shape index (κ2) is 4.41. The first-order valence-electron chi connectivity index (χ1n) is 5.90. The van der Waals surface area contributed by atoms with Gasteiger partial charge in [-0.1, -0.05) is 12.1 Å². The van der Waals surface area contributed by atoms with Crippen LogP contribution < -0.4 is 0 Å². The number of carbonyl (C=O) groups excluding carboxylic acids is 1. The van der Waals surface area contributed by atoms with E-state index in [2.05, 4.69) is 4.99 Å². The van der Waals surface area contributed by atoms with Crippen LogP contribution in [0.25, 0.3) is 6.08 Å². The lowest BCUT2D eigenvalue weighted by Crippen LogP contribution is -2.38. The third kappa shape index (κ3) is 2.01. The highest BCUT2D eigenvalue weighted by Gasteiger charge is 2.34. The molecule has 0 aliphatic carbocycles. The van der Waals surface area contributed by atoms with Crippen LogP contribution in [0.4, 0.5) is 4.39 Å². The SMILES string of the molecule is CC1=CC2=NC(=O)C(=Cc3ccc(F)cc3)C(=N)N2O1. The van der Waals surface area contributed by atoms with Gasteiger partial charge in [0.05, 0.1) is 5.57 Å². The van der Waals surface area contributed by atoms with Crippen LogP contribution in [0.15, 0.2) is 46.7 Å². The van der Waals surface area contributed by atoms with Crippen molar-refractivity contribution in [1.82, 2.24) is 5.06 Å². The van der Waals surface area contributed by atoms with Gasteiger partial charge in [-0.05, 0) is 30.7 Å². The molecule has 100 valence electrons. The molecule has 3 rings (SSSR count). The van der Waals surface area contributed by atoms with Crippen molar-refractivity contribution >= 4 is 23.7 Å². The average molecular weight is 271 g/mol. The zero-order valence-electron chi connectivity index (χ0n) is 10.6. The molecule has 5 nitrogen and oxygen atoms in total. The summed E-state index contributed by atoms with van der Waals surface area (Å²) in [4.78, 5) is 21.1. The molecule has 0 atom stereocenters. The molecule has 20 heavy (non-hydrogen) atoms. The number of amides is 1. The number of benzene rings is 1. The summed E-state index contributed by atoms with van der Waals surface area (Å²) in [5.41, 5.74) is 0.713. The topological polar surface area (TPSA) is 65.8 Å². The highest BCUT2D eigenvalue weighted by Crippen LogP contribution is 2.23. The highest BCUT2D eigenvalue weighted by atomic mass is 19.1. The number of aliphatic imine (C=N–C) groups is 1. The smallest absolute Gasteiger partial charge is 0.282 e. The van der Waals surface area contributed by atoms with Gasteiger partial charge >= 0.3 is 0 Å². The Labute approximate surface area is 114 Å². The van der Waals surface area contributed by atoms with E-state index >= 15 is 0 Å². The Kier molecular flexibility index (Phi) is 2.71. The van der Waals surface area contributed by atoms with Crippen molar-refractivity contribution in [3.8, 4) is 0 Å². The standard InChI is InChI=1S/C14H10FN3O2/c1-8-6-12-17-14(19)11(13(16)18(12)20-8)7-9-2-4-10(15)5-3-9/h2-7,16H,1H3. The normalized spacial score (nSPS) is 19.7. The lowest BCUT2D eigenvalue weighted by Gasteiger charge is -2.22.